The minimum absolute atomic E-state index is 0.147. The highest BCUT2D eigenvalue weighted by Crippen LogP contribution is 2.10. The Morgan fingerprint density at radius 2 is 1.91 bits per heavy atom. The average molecular weight is 157 g/mol. The second-order valence-corrected chi connectivity index (χ2v) is 3.30. The predicted octanol–water partition coefficient (Wildman–Crippen LogP) is 1.30. The minimum atomic E-state index is -0.486. The molecular formula is C9H19NO. The topological polar surface area (TPSA) is 46.2 Å². The largest absolute Gasteiger partial charge is 0.387 e. The Labute approximate surface area is 69.1 Å². The highest BCUT2D eigenvalue weighted by atomic mass is 16.3. The summed E-state index contributed by atoms with van der Waals surface area (Å²) in [4.78, 5) is 0. The summed E-state index contributed by atoms with van der Waals surface area (Å²) < 4.78 is 0. The maximum absolute atomic E-state index is 9.56. The Balaban J connectivity index is 4.13. The van der Waals surface area contributed by atoms with Crippen molar-refractivity contribution in [2.24, 2.45) is 11.7 Å². The second-order valence-electron chi connectivity index (χ2n) is 3.30. The summed E-state index contributed by atoms with van der Waals surface area (Å²) in [7, 11) is 0. The van der Waals surface area contributed by atoms with Crippen molar-refractivity contribution in [1.29, 1.82) is 0 Å². The number of allylic oxidation sites excluding steroid dienone is 1. The molecule has 2 heteroatoms. The SMILES string of the molecule is C/C=C(\C)C(O)C(N)C(C)C. The molecule has 0 heterocycles. The molecular weight excluding hydrogens is 138 g/mol. The van der Waals surface area contributed by atoms with Crippen molar-refractivity contribution in [3.05, 3.63) is 11.6 Å². The molecule has 0 aliphatic heterocycles. The van der Waals surface area contributed by atoms with Gasteiger partial charge in [0.1, 0.15) is 0 Å². The van der Waals surface area contributed by atoms with E-state index in [1.165, 1.54) is 0 Å². The van der Waals surface area contributed by atoms with E-state index in [2.05, 4.69) is 0 Å². The fourth-order valence-corrected chi connectivity index (χ4v) is 0.839. The summed E-state index contributed by atoms with van der Waals surface area (Å²) in [5.74, 6) is 0.319. The van der Waals surface area contributed by atoms with Crippen LogP contribution in [0.15, 0.2) is 11.6 Å². The fourth-order valence-electron chi connectivity index (χ4n) is 0.839. The first-order chi connectivity index (χ1) is 5.00. The number of hydrogen-bond donors (Lipinski definition) is 2. The van der Waals surface area contributed by atoms with Crippen LogP contribution in [0.1, 0.15) is 27.7 Å². The molecule has 0 aliphatic rings. The lowest BCUT2D eigenvalue weighted by Gasteiger charge is -2.22. The van der Waals surface area contributed by atoms with Crippen LogP contribution in [0.5, 0.6) is 0 Å². The van der Waals surface area contributed by atoms with Gasteiger partial charge in [0, 0.05) is 6.04 Å². The van der Waals surface area contributed by atoms with Gasteiger partial charge in [-0.15, -0.1) is 0 Å². The van der Waals surface area contributed by atoms with Gasteiger partial charge in [-0.1, -0.05) is 19.9 Å². The predicted molar refractivity (Wildman–Crippen MR) is 48.3 cm³/mol. The van der Waals surface area contributed by atoms with Crippen LogP contribution in [0.25, 0.3) is 0 Å². The standard InChI is InChI=1S/C9H19NO/c1-5-7(4)9(11)8(10)6(2)3/h5-6,8-9,11H,10H2,1-4H3/b7-5+. The number of aliphatic hydroxyl groups excluding tert-OH is 1. The molecule has 0 saturated carbocycles. The normalized spacial score (nSPS) is 18.6. The van der Waals surface area contributed by atoms with E-state index in [9.17, 15) is 5.11 Å². The summed E-state index contributed by atoms with van der Waals surface area (Å²) in [6.07, 6.45) is 1.41. The summed E-state index contributed by atoms with van der Waals surface area (Å²) >= 11 is 0. The Kier molecular flexibility index (Phi) is 4.38. The monoisotopic (exact) mass is 157 g/mol. The highest BCUT2D eigenvalue weighted by Gasteiger charge is 2.18. The van der Waals surface area contributed by atoms with Crippen LogP contribution in [-0.4, -0.2) is 17.3 Å². The zero-order valence-corrected chi connectivity index (χ0v) is 7.83. The highest BCUT2D eigenvalue weighted by molar-refractivity contribution is 5.06. The Hall–Kier alpha value is -0.340. The lowest BCUT2D eigenvalue weighted by molar-refractivity contribution is 0.157. The third kappa shape index (κ3) is 3.04. The third-order valence-electron chi connectivity index (χ3n) is 2.06. The number of aliphatic hydroxyl groups is 1. The van der Waals surface area contributed by atoms with Crippen LogP contribution in [-0.2, 0) is 0 Å². The number of hydrogen-bond acceptors (Lipinski definition) is 2. The molecule has 2 atom stereocenters. The van der Waals surface area contributed by atoms with Crippen LogP contribution < -0.4 is 5.73 Å². The van der Waals surface area contributed by atoms with Crippen LogP contribution in [0, 0.1) is 5.92 Å². The molecule has 0 aromatic rings. The molecule has 0 radical (unpaired) electrons. The summed E-state index contributed by atoms with van der Waals surface area (Å²) in [6, 6.07) is -0.147. The van der Waals surface area contributed by atoms with E-state index >= 15 is 0 Å². The Morgan fingerprint density at radius 3 is 2.18 bits per heavy atom. The van der Waals surface area contributed by atoms with Crippen LogP contribution in [0.4, 0.5) is 0 Å². The van der Waals surface area contributed by atoms with E-state index in [4.69, 9.17) is 5.73 Å². The van der Waals surface area contributed by atoms with Crippen LogP contribution >= 0.6 is 0 Å². The molecule has 0 amide bonds. The minimum Gasteiger partial charge on any atom is -0.387 e. The van der Waals surface area contributed by atoms with Crippen LogP contribution in [0.3, 0.4) is 0 Å². The maximum Gasteiger partial charge on any atom is 0.0900 e. The molecule has 2 nitrogen and oxygen atoms in total. The third-order valence-corrected chi connectivity index (χ3v) is 2.06. The molecule has 0 fully saturated rings. The lowest BCUT2D eigenvalue weighted by Crippen LogP contribution is -2.39. The van der Waals surface area contributed by atoms with Crippen molar-refractivity contribution >= 4 is 0 Å². The number of rotatable bonds is 3. The summed E-state index contributed by atoms with van der Waals surface area (Å²) in [5.41, 5.74) is 6.70. The molecule has 66 valence electrons. The molecule has 0 spiro atoms. The van der Waals surface area contributed by atoms with Crippen LogP contribution in [0.2, 0.25) is 0 Å². The molecule has 3 N–H and O–H groups in total. The van der Waals surface area contributed by atoms with E-state index in [0.29, 0.717) is 5.92 Å². The van der Waals surface area contributed by atoms with Crippen molar-refractivity contribution in [1.82, 2.24) is 0 Å². The van der Waals surface area contributed by atoms with Gasteiger partial charge in [-0.25, -0.2) is 0 Å². The molecule has 0 aliphatic carbocycles. The van der Waals surface area contributed by atoms with Gasteiger partial charge in [-0.3, -0.25) is 0 Å². The molecule has 0 aromatic carbocycles. The van der Waals surface area contributed by atoms with Gasteiger partial charge in [0.2, 0.25) is 0 Å². The molecule has 0 rings (SSSR count). The van der Waals surface area contributed by atoms with E-state index in [1.54, 1.807) is 0 Å². The number of nitrogens with two attached hydrogens (primary N) is 1. The van der Waals surface area contributed by atoms with Gasteiger partial charge in [0.05, 0.1) is 6.10 Å². The van der Waals surface area contributed by atoms with Gasteiger partial charge in [-0.05, 0) is 25.3 Å². The van der Waals surface area contributed by atoms with Gasteiger partial charge >= 0.3 is 0 Å². The van der Waals surface area contributed by atoms with E-state index in [-0.39, 0.29) is 6.04 Å². The Morgan fingerprint density at radius 1 is 1.45 bits per heavy atom. The average Bonchev–Trinajstić information content (AvgIpc) is 2.00. The quantitative estimate of drug-likeness (QED) is 0.606. The van der Waals surface area contributed by atoms with Gasteiger partial charge in [0.15, 0.2) is 0 Å². The lowest BCUT2D eigenvalue weighted by atomic mass is 9.95. The Bertz CT molecular complexity index is 140. The first-order valence-corrected chi connectivity index (χ1v) is 4.07. The van der Waals surface area contributed by atoms with E-state index in [0.717, 1.165) is 5.57 Å². The maximum atomic E-state index is 9.56. The van der Waals surface area contributed by atoms with Gasteiger partial charge in [-0.2, -0.15) is 0 Å². The smallest absolute Gasteiger partial charge is 0.0900 e. The zero-order valence-electron chi connectivity index (χ0n) is 7.83. The summed E-state index contributed by atoms with van der Waals surface area (Å²) in [6.45, 7) is 7.83. The first-order valence-electron chi connectivity index (χ1n) is 4.07. The van der Waals surface area contributed by atoms with E-state index in [1.807, 2.05) is 33.8 Å². The van der Waals surface area contributed by atoms with Crippen molar-refractivity contribution in [3.63, 3.8) is 0 Å². The first kappa shape index (κ1) is 10.7. The molecule has 11 heavy (non-hydrogen) atoms. The fraction of sp³-hybridized carbons (Fsp3) is 0.778. The van der Waals surface area contributed by atoms with Gasteiger partial charge < -0.3 is 10.8 Å². The molecule has 0 saturated heterocycles. The van der Waals surface area contributed by atoms with Gasteiger partial charge in [0.25, 0.3) is 0 Å². The second kappa shape index (κ2) is 4.52. The summed E-state index contributed by atoms with van der Waals surface area (Å²) in [5, 5.41) is 9.56. The van der Waals surface area contributed by atoms with Crippen molar-refractivity contribution in [2.45, 2.75) is 39.8 Å². The van der Waals surface area contributed by atoms with Crippen molar-refractivity contribution in [3.8, 4) is 0 Å². The molecule has 0 bridgehead atoms. The molecule has 2 unspecified atom stereocenters. The zero-order chi connectivity index (χ0) is 9.02. The van der Waals surface area contributed by atoms with Crippen molar-refractivity contribution < 1.29 is 5.11 Å². The molecule has 0 aromatic heterocycles. The van der Waals surface area contributed by atoms with Crippen molar-refractivity contribution in [2.75, 3.05) is 0 Å². The van der Waals surface area contributed by atoms with E-state index < -0.39 is 6.10 Å².